The maximum absolute atomic E-state index is 12.2. The molecule has 5 nitrogen and oxygen atoms in total. The van der Waals surface area contributed by atoms with Gasteiger partial charge in [-0.05, 0) is 18.6 Å². The molecule has 0 saturated carbocycles. The lowest BCUT2D eigenvalue weighted by Gasteiger charge is -2.18. The van der Waals surface area contributed by atoms with Crippen LogP contribution in [-0.2, 0) is 11.2 Å². The smallest absolute Gasteiger partial charge is 0.232 e. The summed E-state index contributed by atoms with van der Waals surface area (Å²) in [5.41, 5.74) is 2.07. The highest BCUT2D eigenvalue weighted by Gasteiger charge is 2.35. The molecule has 0 radical (unpaired) electrons. The average molecular weight is 271 g/mol. The van der Waals surface area contributed by atoms with Gasteiger partial charge < -0.3 is 9.42 Å². The van der Waals surface area contributed by atoms with Crippen LogP contribution < -0.4 is 4.90 Å². The summed E-state index contributed by atoms with van der Waals surface area (Å²) >= 11 is 0. The first-order valence-electron chi connectivity index (χ1n) is 6.87. The molecule has 0 bridgehead atoms. The van der Waals surface area contributed by atoms with Crippen molar-refractivity contribution in [2.24, 2.45) is 0 Å². The van der Waals surface area contributed by atoms with Gasteiger partial charge in [-0.15, -0.1) is 0 Å². The minimum atomic E-state index is -0.00472. The first kappa shape index (κ1) is 12.8. The number of benzene rings is 1. The minimum Gasteiger partial charge on any atom is -0.339 e. The zero-order valence-corrected chi connectivity index (χ0v) is 11.7. The number of hydrogen-bond donors (Lipinski definition) is 0. The fourth-order valence-corrected chi connectivity index (χ4v) is 2.55. The molecule has 5 heteroatoms. The van der Waals surface area contributed by atoms with Crippen LogP contribution >= 0.6 is 0 Å². The fourth-order valence-electron chi connectivity index (χ4n) is 2.55. The quantitative estimate of drug-likeness (QED) is 0.860. The Labute approximate surface area is 117 Å². The molecule has 1 atom stereocenters. The van der Waals surface area contributed by atoms with Crippen LogP contribution in [0.3, 0.4) is 0 Å². The van der Waals surface area contributed by atoms with Crippen LogP contribution in [0, 0.1) is 6.92 Å². The van der Waals surface area contributed by atoms with Gasteiger partial charge in [0.25, 0.3) is 0 Å². The Morgan fingerprint density at radius 3 is 2.90 bits per heavy atom. The van der Waals surface area contributed by atoms with Gasteiger partial charge in [-0.1, -0.05) is 30.3 Å². The zero-order valence-electron chi connectivity index (χ0n) is 11.7. The summed E-state index contributed by atoms with van der Waals surface area (Å²) in [6.45, 7) is 4.60. The van der Waals surface area contributed by atoms with Crippen molar-refractivity contribution >= 4 is 11.6 Å². The van der Waals surface area contributed by atoms with E-state index in [4.69, 9.17) is 4.52 Å². The molecule has 0 aliphatic carbocycles. The van der Waals surface area contributed by atoms with Gasteiger partial charge in [0.05, 0.1) is 5.92 Å². The van der Waals surface area contributed by atoms with Crippen molar-refractivity contribution in [2.75, 3.05) is 11.4 Å². The third kappa shape index (κ3) is 2.19. The van der Waals surface area contributed by atoms with Gasteiger partial charge in [0.15, 0.2) is 5.82 Å². The molecule has 1 aromatic carbocycles. The number of aryl methyl sites for hydroxylation is 2. The lowest BCUT2D eigenvalue weighted by atomic mass is 10.1. The lowest BCUT2D eigenvalue weighted by Crippen LogP contribution is -2.25. The Morgan fingerprint density at radius 1 is 1.40 bits per heavy atom. The third-order valence-electron chi connectivity index (χ3n) is 3.68. The topological polar surface area (TPSA) is 59.2 Å². The van der Waals surface area contributed by atoms with Gasteiger partial charge >= 0.3 is 0 Å². The number of nitrogens with zero attached hydrogens (tertiary/aromatic N) is 3. The third-order valence-corrected chi connectivity index (χ3v) is 3.68. The molecule has 1 saturated heterocycles. The Balaban J connectivity index is 1.83. The monoisotopic (exact) mass is 271 g/mol. The molecule has 1 aliphatic rings. The molecule has 2 aromatic rings. The first-order valence-corrected chi connectivity index (χ1v) is 6.87. The summed E-state index contributed by atoms with van der Waals surface area (Å²) in [5.74, 6) is 1.38. The summed E-state index contributed by atoms with van der Waals surface area (Å²) in [5, 5.41) is 3.90. The van der Waals surface area contributed by atoms with Crippen molar-refractivity contribution < 1.29 is 9.32 Å². The molecule has 0 N–H and O–H groups in total. The van der Waals surface area contributed by atoms with Crippen molar-refractivity contribution in [3.05, 3.63) is 41.5 Å². The molecule has 1 amide bonds. The van der Waals surface area contributed by atoms with Crippen LogP contribution in [0.5, 0.6) is 0 Å². The van der Waals surface area contributed by atoms with Crippen LogP contribution in [-0.4, -0.2) is 22.6 Å². The fraction of sp³-hybridized carbons (Fsp3) is 0.400. The van der Waals surface area contributed by atoms with Crippen LogP contribution in [0.4, 0.5) is 5.69 Å². The van der Waals surface area contributed by atoms with Crippen LogP contribution in [0.1, 0.15) is 36.5 Å². The molecule has 20 heavy (non-hydrogen) atoms. The number of carbonyl (C=O) groups is 1. The van der Waals surface area contributed by atoms with Crippen molar-refractivity contribution in [2.45, 2.75) is 32.6 Å². The number of amides is 1. The number of hydrogen-bond acceptors (Lipinski definition) is 4. The summed E-state index contributed by atoms with van der Waals surface area (Å²) < 4.78 is 5.26. The van der Waals surface area contributed by atoms with Gasteiger partial charge in [0, 0.05) is 25.1 Å². The molecule has 0 spiro atoms. The average Bonchev–Trinajstić information content (AvgIpc) is 3.06. The Kier molecular flexibility index (Phi) is 3.26. The van der Waals surface area contributed by atoms with Crippen LogP contribution in [0.25, 0.3) is 0 Å². The molecule has 1 aromatic heterocycles. The molecule has 1 aliphatic heterocycles. The van der Waals surface area contributed by atoms with Crippen LogP contribution in [0.2, 0.25) is 0 Å². The molecule has 1 fully saturated rings. The highest BCUT2D eigenvalue weighted by molar-refractivity contribution is 5.97. The highest BCUT2D eigenvalue weighted by Crippen LogP contribution is 2.32. The number of aromatic nitrogens is 2. The second-order valence-corrected chi connectivity index (χ2v) is 5.09. The predicted molar refractivity (Wildman–Crippen MR) is 74.6 cm³/mol. The Hall–Kier alpha value is -2.17. The van der Waals surface area contributed by atoms with Crippen molar-refractivity contribution in [3.8, 4) is 0 Å². The molecule has 0 unspecified atom stereocenters. The molecule has 3 rings (SSSR count). The van der Waals surface area contributed by atoms with E-state index < -0.39 is 0 Å². The Morgan fingerprint density at radius 2 is 2.20 bits per heavy atom. The van der Waals surface area contributed by atoms with E-state index in [-0.39, 0.29) is 11.8 Å². The summed E-state index contributed by atoms with van der Waals surface area (Å²) in [4.78, 5) is 18.4. The summed E-state index contributed by atoms with van der Waals surface area (Å²) in [6.07, 6.45) is 1.17. The van der Waals surface area contributed by atoms with Gasteiger partial charge in [-0.3, -0.25) is 4.79 Å². The maximum atomic E-state index is 12.2. The van der Waals surface area contributed by atoms with Gasteiger partial charge in [-0.25, -0.2) is 0 Å². The van der Waals surface area contributed by atoms with E-state index in [1.807, 2.05) is 43.0 Å². The number of rotatable bonds is 3. The van der Waals surface area contributed by atoms with E-state index >= 15 is 0 Å². The standard InChI is InChI=1S/C15H17N3O2/c1-3-13-16-15(20-17-13)11-8-14(19)18(9-11)12-7-5-4-6-10(12)2/h4-7,11H,3,8-9H2,1-2H3/t11-/m0/s1. The van der Waals surface area contributed by atoms with Gasteiger partial charge in [0.1, 0.15) is 0 Å². The second-order valence-electron chi connectivity index (χ2n) is 5.09. The summed E-state index contributed by atoms with van der Waals surface area (Å²) in [6, 6.07) is 7.91. The van der Waals surface area contributed by atoms with Crippen molar-refractivity contribution in [1.29, 1.82) is 0 Å². The van der Waals surface area contributed by atoms with Crippen LogP contribution in [0.15, 0.2) is 28.8 Å². The maximum Gasteiger partial charge on any atom is 0.232 e. The highest BCUT2D eigenvalue weighted by atomic mass is 16.5. The summed E-state index contributed by atoms with van der Waals surface area (Å²) in [7, 11) is 0. The first-order chi connectivity index (χ1) is 9.69. The minimum absolute atomic E-state index is 0.00472. The van der Waals surface area contributed by atoms with Crippen molar-refractivity contribution in [1.82, 2.24) is 10.1 Å². The lowest BCUT2D eigenvalue weighted by molar-refractivity contribution is -0.117. The number of carbonyl (C=O) groups excluding carboxylic acids is 1. The largest absolute Gasteiger partial charge is 0.339 e. The van der Waals surface area contributed by atoms with Crippen molar-refractivity contribution in [3.63, 3.8) is 0 Å². The van der Waals surface area contributed by atoms with Gasteiger partial charge in [-0.2, -0.15) is 4.98 Å². The zero-order chi connectivity index (χ0) is 14.1. The number of para-hydroxylation sites is 1. The molecule has 2 heterocycles. The predicted octanol–water partition coefficient (Wildman–Crippen LogP) is 2.46. The van der Waals surface area contributed by atoms with E-state index in [1.54, 1.807) is 0 Å². The normalized spacial score (nSPS) is 18.8. The molecular weight excluding hydrogens is 254 g/mol. The van der Waals surface area contributed by atoms with E-state index in [0.717, 1.165) is 17.7 Å². The van der Waals surface area contributed by atoms with E-state index in [2.05, 4.69) is 10.1 Å². The van der Waals surface area contributed by atoms with E-state index in [0.29, 0.717) is 24.7 Å². The van der Waals surface area contributed by atoms with E-state index in [9.17, 15) is 4.79 Å². The van der Waals surface area contributed by atoms with E-state index in [1.165, 1.54) is 0 Å². The van der Waals surface area contributed by atoms with Gasteiger partial charge in [0.2, 0.25) is 11.8 Å². The molecule has 104 valence electrons. The SMILES string of the molecule is CCc1noc([C@H]2CC(=O)N(c3ccccc3C)C2)n1. The molecular formula is C15H17N3O2. The Bertz CT molecular complexity index is 636. The second kappa shape index (κ2) is 5.07. The number of anilines is 1.